The first kappa shape index (κ1) is 19.4. The van der Waals surface area contributed by atoms with Crippen molar-refractivity contribution in [2.75, 3.05) is 24.7 Å². The van der Waals surface area contributed by atoms with E-state index >= 15 is 0 Å². The summed E-state index contributed by atoms with van der Waals surface area (Å²) in [6, 6.07) is -0.768. The number of ether oxygens (including phenoxy) is 1. The van der Waals surface area contributed by atoms with Gasteiger partial charge in [-0.3, -0.25) is 9.59 Å². The standard InChI is InChI=1S/C16H17N3O6S2/c1-2-3-25-18-11(10-8-26-5-4-24-10)13(20)17-12-14(21)19-6-9(16(22)23)7-27-15(12)19/h2,6,8,12,15H,1,3-5,7H2,(H,17,20)(H,22,23)/t12?,15-/m1/s1. The molecule has 27 heavy (non-hydrogen) atoms. The predicted octanol–water partition coefficient (Wildman–Crippen LogP) is 0.518. The van der Waals surface area contributed by atoms with E-state index in [-0.39, 0.29) is 40.7 Å². The largest absolute Gasteiger partial charge is 0.490 e. The molecule has 0 spiro atoms. The number of rotatable bonds is 7. The van der Waals surface area contributed by atoms with E-state index in [1.165, 1.54) is 40.7 Å². The number of hydrogen-bond acceptors (Lipinski definition) is 8. The van der Waals surface area contributed by atoms with Crippen molar-refractivity contribution >= 4 is 47.0 Å². The Morgan fingerprint density at radius 1 is 1.56 bits per heavy atom. The summed E-state index contributed by atoms with van der Waals surface area (Å²) < 4.78 is 5.47. The lowest BCUT2D eigenvalue weighted by molar-refractivity contribution is -0.144. The highest BCUT2D eigenvalue weighted by molar-refractivity contribution is 8.02. The third kappa shape index (κ3) is 4.14. The lowest BCUT2D eigenvalue weighted by Gasteiger charge is -2.46. The Kier molecular flexibility index (Phi) is 6.11. The molecular formula is C16H17N3O6S2. The molecule has 3 aliphatic rings. The Bertz CT molecular complexity index is 763. The highest BCUT2D eigenvalue weighted by Crippen LogP contribution is 2.36. The van der Waals surface area contributed by atoms with Gasteiger partial charge in [0.1, 0.15) is 18.0 Å². The van der Waals surface area contributed by atoms with Crippen LogP contribution in [0.4, 0.5) is 0 Å². The molecule has 0 aliphatic carbocycles. The minimum atomic E-state index is -1.06. The lowest BCUT2D eigenvalue weighted by Crippen LogP contribution is -2.69. The van der Waals surface area contributed by atoms with Gasteiger partial charge in [-0.1, -0.05) is 17.8 Å². The van der Waals surface area contributed by atoms with Gasteiger partial charge >= 0.3 is 5.97 Å². The van der Waals surface area contributed by atoms with Crippen LogP contribution in [0.15, 0.2) is 40.8 Å². The predicted molar refractivity (Wildman–Crippen MR) is 101 cm³/mol. The SMILES string of the molecule is C=CCON=C(C(=O)NC1C(=O)N2C=C(C(=O)O)CS[C@H]12)C1=CSCCO1. The topological polar surface area (TPSA) is 118 Å². The molecule has 9 nitrogen and oxygen atoms in total. The molecule has 1 fully saturated rings. The van der Waals surface area contributed by atoms with Crippen molar-refractivity contribution < 1.29 is 29.1 Å². The first-order chi connectivity index (χ1) is 13.0. The van der Waals surface area contributed by atoms with Crippen LogP contribution >= 0.6 is 23.5 Å². The molecule has 0 aromatic rings. The van der Waals surface area contributed by atoms with Gasteiger partial charge in [0.25, 0.3) is 11.8 Å². The van der Waals surface area contributed by atoms with Crippen LogP contribution in [0, 0.1) is 0 Å². The fourth-order valence-corrected chi connectivity index (χ4v) is 4.36. The summed E-state index contributed by atoms with van der Waals surface area (Å²) in [5.41, 5.74) is 0.0881. The highest BCUT2D eigenvalue weighted by Gasteiger charge is 2.50. The molecule has 1 unspecified atom stereocenters. The molecule has 0 aromatic heterocycles. The number of fused-ring (bicyclic) bond motifs is 1. The second kappa shape index (κ2) is 8.53. The summed E-state index contributed by atoms with van der Waals surface area (Å²) in [6.07, 6.45) is 2.81. The normalized spacial score (nSPS) is 24.5. The van der Waals surface area contributed by atoms with E-state index in [9.17, 15) is 14.4 Å². The van der Waals surface area contributed by atoms with Crippen molar-refractivity contribution in [1.29, 1.82) is 0 Å². The summed E-state index contributed by atoms with van der Waals surface area (Å²) in [6.45, 7) is 4.07. The molecule has 2 amide bonds. The number of hydrogen-bond donors (Lipinski definition) is 2. The number of carboxylic acid groups (broad SMARTS) is 1. The second-order valence-electron chi connectivity index (χ2n) is 5.58. The summed E-state index contributed by atoms with van der Waals surface area (Å²) in [5.74, 6) is -0.740. The van der Waals surface area contributed by atoms with Gasteiger partial charge in [-0.05, 0) is 0 Å². The third-order valence-corrected chi connectivity index (χ3v) is 5.89. The van der Waals surface area contributed by atoms with Crippen LogP contribution < -0.4 is 5.32 Å². The molecule has 144 valence electrons. The number of aliphatic carboxylic acids is 1. The smallest absolute Gasteiger partial charge is 0.333 e. The Balaban J connectivity index is 1.70. The molecule has 3 heterocycles. The van der Waals surface area contributed by atoms with E-state index in [1.807, 2.05) is 0 Å². The quantitative estimate of drug-likeness (QED) is 0.205. The number of nitrogens with one attached hydrogen (secondary N) is 1. The Labute approximate surface area is 163 Å². The van der Waals surface area contributed by atoms with Gasteiger partial charge in [0.2, 0.25) is 5.71 Å². The summed E-state index contributed by atoms with van der Waals surface area (Å²) in [4.78, 5) is 42.3. The summed E-state index contributed by atoms with van der Waals surface area (Å²) >= 11 is 2.76. The molecule has 0 saturated carbocycles. The minimum absolute atomic E-state index is 0.0575. The Hall–Kier alpha value is -2.40. The zero-order valence-electron chi connectivity index (χ0n) is 14.1. The Morgan fingerprint density at radius 2 is 2.37 bits per heavy atom. The maximum absolute atomic E-state index is 12.7. The first-order valence-electron chi connectivity index (χ1n) is 7.97. The molecule has 3 aliphatic heterocycles. The van der Waals surface area contributed by atoms with Crippen molar-refractivity contribution in [3.05, 3.63) is 35.6 Å². The van der Waals surface area contributed by atoms with Gasteiger partial charge in [0.15, 0.2) is 5.76 Å². The van der Waals surface area contributed by atoms with Crippen LogP contribution in [0.1, 0.15) is 0 Å². The molecule has 0 radical (unpaired) electrons. The first-order valence-corrected chi connectivity index (χ1v) is 10.1. The van der Waals surface area contributed by atoms with Gasteiger partial charge in [-0.15, -0.1) is 23.5 Å². The van der Waals surface area contributed by atoms with E-state index in [0.717, 1.165) is 5.75 Å². The molecule has 0 bridgehead atoms. The number of β-lactam (4-membered cyclic amide) rings is 1. The van der Waals surface area contributed by atoms with Crippen molar-refractivity contribution in [3.8, 4) is 0 Å². The maximum atomic E-state index is 12.7. The minimum Gasteiger partial charge on any atom is -0.490 e. The van der Waals surface area contributed by atoms with E-state index in [2.05, 4.69) is 17.1 Å². The Morgan fingerprint density at radius 3 is 3.04 bits per heavy atom. The van der Waals surface area contributed by atoms with E-state index < -0.39 is 17.9 Å². The number of carbonyl (C=O) groups is 3. The molecule has 0 aromatic carbocycles. The van der Waals surface area contributed by atoms with E-state index in [1.54, 1.807) is 5.41 Å². The molecular weight excluding hydrogens is 394 g/mol. The summed E-state index contributed by atoms with van der Waals surface area (Å²) in [5, 5.41) is 16.8. The van der Waals surface area contributed by atoms with Crippen LogP contribution in [0.5, 0.6) is 0 Å². The van der Waals surface area contributed by atoms with Gasteiger partial charge in [-0.2, -0.15) is 0 Å². The van der Waals surface area contributed by atoms with Crippen molar-refractivity contribution in [2.45, 2.75) is 11.4 Å². The van der Waals surface area contributed by atoms with Gasteiger partial charge in [0, 0.05) is 23.1 Å². The van der Waals surface area contributed by atoms with E-state index in [4.69, 9.17) is 14.7 Å². The second-order valence-corrected chi connectivity index (χ2v) is 7.67. The lowest BCUT2D eigenvalue weighted by atomic mass is 10.1. The third-order valence-electron chi connectivity index (χ3n) is 3.79. The monoisotopic (exact) mass is 411 g/mol. The molecule has 2 N–H and O–H groups in total. The van der Waals surface area contributed by atoms with Gasteiger partial charge in [0.05, 0.1) is 12.2 Å². The number of thioether (sulfide) groups is 2. The summed E-state index contributed by atoms with van der Waals surface area (Å²) in [7, 11) is 0. The van der Waals surface area contributed by atoms with Crippen LogP contribution in [-0.2, 0) is 24.0 Å². The maximum Gasteiger partial charge on any atom is 0.333 e. The van der Waals surface area contributed by atoms with Crippen LogP contribution in [0.3, 0.4) is 0 Å². The number of carboxylic acids is 1. The number of amides is 2. The fourth-order valence-electron chi connectivity index (χ4n) is 2.49. The van der Waals surface area contributed by atoms with E-state index in [0.29, 0.717) is 6.61 Å². The fraction of sp³-hybridized carbons (Fsp3) is 0.375. The zero-order valence-corrected chi connectivity index (χ0v) is 15.8. The van der Waals surface area contributed by atoms with Crippen molar-refractivity contribution in [1.82, 2.24) is 10.2 Å². The molecule has 1 saturated heterocycles. The van der Waals surface area contributed by atoms with Crippen LogP contribution in [0.25, 0.3) is 0 Å². The molecule has 3 rings (SSSR count). The average Bonchev–Trinajstić information content (AvgIpc) is 2.69. The number of nitrogens with zero attached hydrogens (tertiary/aromatic N) is 2. The van der Waals surface area contributed by atoms with Crippen LogP contribution in [0.2, 0.25) is 0 Å². The van der Waals surface area contributed by atoms with Crippen molar-refractivity contribution in [3.63, 3.8) is 0 Å². The zero-order chi connectivity index (χ0) is 19.4. The highest BCUT2D eigenvalue weighted by atomic mass is 32.2. The number of carbonyl (C=O) groups excluding carboxylic acids is 2. The number of oxime groups is 1. The molecule has 11 heteroatoms. The van der Waals surface area contributed by atoms with Gasteiger partial charge < -0.3 is 24.9 Å². The van der Waals surface area contributed by atoms with Crippen LogP contribution in [-0.4, -0.2) is 69.6 Å². The molecule has 2 atom stereocenters. The van der Waals surface area contributed by atoms with Gasteiger partial charge in [-0.25, -0.2) is 4.79 Å². The average molecular weight is 411 g/mol. The van der Waals surface area contributed by atoms with Crippen molar-refractivity contribution in [2.24, 2.45) is 5.16 Å².